The molecule has 4 fully saturated rings. The maximum absolute atomic E-state index is 12.8. The van der Waals surface area contributed by atoms with Crippen LogP contribution in [0.3, 0.4) is 0 Å². The van der Waals surface area contributed by atoms with E-state index in [1.807, 2.05) is 19.1 Å². The highest BCUT2D eigenvalue weighted by atomic mass is 35.5. The first-order valence-corrected chi connectivity index (χ1v) is 12.0. The molecule has 0 radical (unpaired) electrons. The molecule has 0 aliphatic heterocycles. The molecule has 7 rings (SSSR count). The summed E-state index contributed by atoms with van der Waals surface area (Å²) in [5.74, 6) is 3.49. The summed E-state index contributed by atoms with van der Waals surface area (Å²) in [6, 6.07) is 7.61. The summed E-state index contributed by atoms with van der Waals surface area (Å²) in [4.78, 5) is 17.7. The molecule has 5 nitrogen and oxygen atoms in total. The fourth-order valence-corrected chi connectivity index (χ4v) is 7.29. The Morgan fingerprint density at radius 1 is 1.10 bits per heavy atom. The number of hydrogen-bond acceptors (Lipinski definition) is 3. The summed E-state index contributed by atoms with van der Waals surface area (Å²) in [7, 11) is 0. The third-order valence-corrected chi connectivity index (χ3v) is 8.34. The van der Waals surface area contributed by atoms with Gasteiger partial charge in [0.25, 0.3) is 5.56 Å². The van der Waals surface area contributed by atoms with Crippen LogP contribution < -0.4 is 10.9 Å². The van der Waals surface area contributed by atoms with E-state index in [0.29, 0.717) is 28.3 Å². The van der Waals surface area contributed by atoms with Crippen molar-refractivity contribution in [1.29, 1.82) is 0 Å². The van der Waals surface area contributed by atoms with Crippen LogP contribution in [-0.4, -0.2) is 20.6 Å². The van der Waals surface area contributed by atoms with Gasteiger partial charge in [0.05, 0.1) is 10.7 Å². The predicted octanol–water partition coefficient (Wildman–Crippen LogP) is 5.22. The van der Waals surface area contributed by atoms with Gasteiger partial charge in [0.1, 0.15) is 0 Å². The van der Waals surface area contributed by atoms with Gasteiger partial charge in [-0.15, -0.1) is 0 Å². The fourth-order valence-electron chi connectivity index (χ4n) is 6.78. The number of aromatic amines is 1. The van der Waals surface area contributed by atoms with Crippen molar-refractivity contribution in [2.45, 2.75) is 51.6 Å². The molecule has 2 aromatic heterocycles. The Bertz CT molecular complexity index is 1200. The second kappa shape index (κ2) is 7.36. The second-order valence-electron chi connectivity index (χ2n) is 9.82. The topological polar surface area (TPSA) is 62.2 Å². The third kappa shape index (κ3) is 3.33. The molecule has 0 saturated heterocycles. The lowest BCUT2D eigenvalue weighted by Gasteiger charge is -2.54. The Kier molecular flexibility index (Phi) is 4.71. The molecule has 4 aliphatic rings. The number of hydrogen-bond donors (Lipinski definition) is 2. The monoisotopic (exact) mass is 456 g/mol. The Hall–Kier alpha value is -1.82. The van der Waals surface area contributed by atoms with Gasteiger partial charge in [0, 0.05) is 40.5 Å². The van der Waals surface area contributed by atoms with Crippen LogP contribution >= 0.6 is 23.2 Å². The van der Waals surface area contributed by atoms with Gasteiger partial charge in [0.15, 0.2) is 5.65 Å². The van der Waals surface area contributed by atoms with Gasteiger partial charge in [-0.1, -0.05) is 29.3 Å². The highest BCUT2D eigenvalue weighted by Gasteiger charge is 2.47. The molecule has 0 atom stereocenters. The number of aryl methyl sites for hydroxylation is 1. The molecule has 31 heavy (non-hydrogen) atoms. The van der Waals surface area contributed by atoms with Crippen LogP contribution in [0.5, 0.6) is 0 Å². The highest BCUT2D eigenvalue weighted by molar-refractivity contribution is 6.36. The predicted molar refractivity (Wildman–Crippen MR) is 124 cm³/mol. The van der Waals surface area contributed by atoms with Crippen molar-refractivity contribution in [1.82, 2.24) is 19.9 Å². The largest absolute Gasteiger partial charge is 0.308 e. The van der Waals surface area contributed by atoms with Crippen LogP contribution in [0.2, 0.25) is 10.0 Å². The number of rotatable bonds is 4. The Balaban J connectivity index is 1.33. The molecule has 4 aliphatic carbocycles. The zero-order chi connectivity index (χ0) is 21.3. The average Bonchev–Trinajstić information content (AvgIpc) is 3.04. The molecule has 7 heteroatoms. The van der Waals surface area contributed by atoms with Crippen molar-refractivity contribution in [3.05, 3.63) is 56.1 Å². The molecule has 0 unspecified atom stereocenters. The van der Waals surface area contributed by atoms with E-state index in [1.165, 1.54) is 36.6 Å². The van der Waals surface area contributed by atoms with Crippen molar-refractivity contribution in [2.75, 3.05) is 0 Å². The SMILES string of the molecule is Cc1[nH]n2c(=O)cc(CNC3C4CC5CC(C4)CC3C5)nc2c1-c1ccc(Cl)cc1Cl. The minimum atomic E-state index is -0.105. The van der Waals surface area contributed by atoms with Crippen LogP contribution in [0.25, 0.3) is 16.8 Å². The standard InChI is InChI=1S/C24H26Cl2N4O/c1-12-22(19-3-2-17(25)9-20(19)26)24-28-18(10-21(31)30(24)29-12)11-27-23-15-5-13-4-14(7-15)8-16(23)6-13/h2-3,9-10,13-16,23,27,29H,4-8,11H2,1H3. The minimum absolute atomic E-state index is 0.105. The first-order valence-electron chi connectivity index (χ1n) is 11.3. The number of halogens is 2. The Morgan fingerprint density at radius 3 is 2.48 bits per heavy atom. The van der Waals surface area contributed by atoms with Crippen LogP contribution in [0.15, 0.2) is 29.1 Å². The van der Waals surface area contributed by atoms with Crippen LogP contribution in [0.1, 0.15) is 43.5 Å². The minimum Gasteiger partial charge on any atom is -0.308 e. The second-order valence-corrected chi connectivity index (χ2v) is 10.7. The summed E-state index contributed by atoms with van der Waals surface area (Å²) in [5, 5.41) is 8.06. The number of aromatic nitrogens is 3. The Labute approximate surface area is 191 Å². The van der Waals surface area contributed by atoms with Gasteiger partial charge < -0.3 is 5.32 Å². The summed E-state index contributed by atoms with van der Waals surface area (Å²) < 4.78 is 1.50. The highest BCUT2D eigenvalue weighted by Crippen LogP contribution is 2.53. The van der Waals surface area contributed by atoms with Gasteiger partial charge in [-0.05, 0) is 74.8 Å². The molecule has 0 spiro atoms. The number of fused-ring (bicyclic) bond motifs is 1. The molecule has 162 valence electrons. The average molecular weight is 457 g/mol. The molecule has 0 amide bonds. The molecule has 4 saturated carbocycles. The van der Waals surface area contributed by atoms with Gasteiger partial charge in [-0.2, -0.15) is 0 Å². The smallest absolute Gasteiger partial charge is 0.272 e. The molecule has 3 aromatic rings. The molecular formula is C24H26Cl2N4O. The van der Waals surface area contributed by atoms with Crippen molar-refractivity contribution in [2.24, 2.45) is 23.7 Å². The third-order valence-electron chi connectivity index (χ3n) is 7.80. The van der Waals surface area contributed by atoms with Crippen molar-refractivity contribution in [3.8, 4) is 11.1 Å². The van der Waals surface area contributed by atoms with E-state index in [4.69, 9.17) is 28.2 Å². The van der Waals surface area contributed by atoms with Crippen LogP contribution in [-0.2, 0) is 6.54 Å². The zero-order valence-electron chi connectivity index (χ0n) is 17.5. The lowest BCUT2D eigenvalue weighted by Crippen LogP contribution is -2.54. The number of nitrogens with zero attached hydrogens (tertiary/aromatic N) is 2. The zero-order valence-corrected chi connectivity index (χ0v) is 19.0. The lowest BCUT2D eigenvalue weighted by atomic mass is 9.54. The Morgan fingerprint density at radius 2 is 1.81 bits per heavy atom. The van der Waals surface area contributed by atoms with Crippen molar-refractivity contribution >= 4 is 28.8 Å². The van der Waals surface area contributed by atoms with E-state index in [2.05, 4.69) is 10.4 Å². The van der Waals surface area contributed by atoms with Gasteiger partial charge in [-0.25, -0.2) is 9.50 Å². The fraction of sp³-hybridized carbons (Fsp3) is 0.500. The summed E-state index contributed by atoms with van der Waals surface area (Å²) >= 11 is 12.6. The first-order chi connectivity index (χ1) is 15.0. The lowest BCUT2D eigenvalue weighted by molar-refractivity contribution is -0.0143. The van der Waals surface area contributed by atoms with Crippen LogP contribution in [0, 0.1) is 30.6 Å². The summed E-state index contributed by atoms with van der Waals surface area (Å²) in [5.41, 5.74) is 3.79. The van der Waals surface area contributed by atoms with Gasteiger partial charge >= 0.3 is 0 Å². The van der Waals surface area contributed by atoms with E-state index in [0.717, 1.165) is 46.2 Å². The van der Waals surface area contributed by atoms with E-state index in [1.54, 1.807) is 12.1 Å². The number of benzene rings is 1. The maximum Gasteiger partial charge on any atom is 0.272 e. The van der Waals surface area contributed by atoms with Crippen molar-refractivity contribution < 1.29 is 0 Å². The van der Waals surface area contributed by atoms with Gasteiger partial charge in [0.2, 0.25) is 0 Å². The van der Waals surface area contributed by atoms with E-state index in [-0.39, 0.29) is 5.56 Å². The number of H-pyrrole nitrogens is 1. The summed E-state index contributed by atoms with van der Waals surface area (Å²) in [6.45, 7) is 2.55. The van der Waals surface area contributed by atoms with E-state index < -0.39 is 0 Å². The normalized spacial score (nSPS) is 29.2. The molecule has 4 bridgehead atoms. The van der Waals surface area contributed by atoms with Gasteiger partial charge in [-0.3, -0.25) is 9.89 Å². The summed E-state index contributed by atoms with van der Waals surface area (Å²) in [6.07, 6.45) is 6.94. The first kappa shape index (κ1) is 19.8. The van der Waals surface area contributed by atoms with Crippen LogP contribution in [0.4, 0.5) is 0 Å². The molecular weight excluding hydrogens is 431 g/mol. The van der Waals surface area contributed by atoms with E-state index >= 15 is 0 Å². The van der Waals surface area contributed by atoms with E-state index in [9.17, 15) is 4.79 Å². The quantitative estimate of drug-likeness (QED) is 0.565. The molecule has 2 heterocycles. The number of nitrogens with one attached hydrogen (secondary N) is 2. The maximum atomic E-state index is 12.8. The molecule has 1 aromatic carbocycles. The molecule has 2 N–H and O–H groups in total. The van der Waals surface area contributed by atoms with Crippen molar-refractivity contribution in [3.63, 3.8) is 0 Å².